The van der Waals surface area contributed by atoms with Crippen molar-refractivity contribution in [1.82, 2.24) is 9.78 Å². The van der Waals surface area contributed by atoms with Gasteiger partial charge in [0.2, 0.25) is 0 Å². The summed E-state index contributed by atoms with van der Waals surface area (Å²) in [7, 11) is 3.59. The molecule has 1 aromatic carbocycles. The third-order valence-electron chi connectivity index (χ3n) is 2.65. The molecule has 1 atom stereocenters. The van der Waals surface area contributed by atoms with Gasteiger partial charge in [-0.05, 0) is 12.1 Å². The summed E-state index contributed by atoms with van der Waals surface area (Å²) in [4.78, 5) is 1.10. The number of benzene rings is 1. The van der Waals surface area contributed by atoms with Gasteiger partial charge in [0.15, 0.2) is 0 Å². The van der Waals surface area contributed by atoms with E-state index in [1.54, 1.807) is 23.6 Å². The lowest BCUT2D eigenvalue weighted by Gasteiger charge is -2.14. The topological polar surface area (TPSA) is 53.1 Å². The van der Waals surface area contributed by atoms with Crippen LogP contribution in [-0.2, 0) is 7.05 Å². The molecule has 1 heterocycles. The Morgan fingerprint density at radius 2 is 2.22 bits per heavy atom. The molecule has 2 rings (SSSR count). The summed E-state index contributed by atoms with van der Waals surface area (Å²) in [5.74, 6) is 0.879. The van der Waals surface area contributed by atoms with Gasteiger partial charge in [-0.25, -0.2) is 0 Å². The third kappa shape index (κ3) is 2.86. The highest BCUT2D eigenvalue weighted by Gasteiger charge is 2.15. The third-order valence-corrected chi connectivity index (χ3v) is 3.99. The first-order valence-corrected chi connectivity index (χ1v) is 6.61. The van der Waals surface area contributed by atoms with Gasteiger partial charge in [0, 0.05) is 35.5 Å². The van der Waals surface area contributed by atoms with E-state index >= 15 is 0 Å². The molecule has 2 aromatic rings. The minimum atomic E-state index is 0.190. The van der Waals surface area contributed by atoms with Gasteiger partial charge < -0.3 is 10.5 Å². The number of hydrogen-bond acceptors (Lipinski definition) is 4. The standard InChI is InChI=1S/C13H17N3OS/c1-16-9-10(8-15-16)13(7-14)18-12-6-4-3-5-11(12)17-2/h3-6,8-9,13H,7,14H2,1-2H3. The van der Waals surface area contributed by atoms with Gasteiger partial charge in [-0.1, -0.05) is 12.1 Å². The molecule has 5 heteroatoms. The molecule has 1 unspecified atom stereocenters. The highest BCUT2D eigenvalue weighted by atomic mass is 32.2. The molecule has 0 aliphatic heterocycles. The Morgan fingerprint density at radius 3 is 2.83 bits per heavy atom. The van der Waals surface area contributed by atoms with Crippen LogP contribution in [0.2, 0.25) is 0 Å². The van der Waals surface area contributed by atoms with Crippen LogP contribution in [0.4, 0.5) is 0 Å². The highest BCUT2D eigenvalue weighted by molar-refractivity contribution is 7.99. The molecule has 0 aliphatic rings. The number of para-hydroxylation sites is 1. The van der Waals surface area contributed by atoms with E-state index in [2.05, 4.69) is 5.10 Å². The number of rotatable bonds is 5. The van der Waals surface area contributed by atoms with Gasteiger partial charge in [0.1, 0.15) is 5.75 Å². The minimum absolute atomic E-state index is 0.190. The highest BCUT2D eigenvalue weighted by Crippen LogP contribution is 2.38. The lowest BCUT2D eigenvalue weighted by molar-refractivity contribution is 0.404. The Hall–Kier alpha value is -1.46. The molecule has 4 nitrogen and oxygen atoms in total. The fraction of sp³-hybridized carbons (Fsp3) is 0.308. The van der Waals surface area contributed by atoms with E-state index in [1.165, 1.54) is 0 Å². The zero-order valence-corrected chi connectivity index (χ0v) is 11.4. The van der Waals surface area contributed by atoms with E-state index in [1.807, 2.05) is 43.7 Å². The van der Waals surface area contributed by atoms with Crippen LogP contribution >= 0.6 is 11.8 Å². The van der Waals surface area contributed by atoms with Crippen LogP contribution in [0.25, 0.3) is 0 Å². The van der Waals surface area contributed by atoms with Crippen LogP contribution in [0.5, 0.6) is 5.75 Å². The molecule has 1 aromatic heterocycles. The van der Waals surface area contributed by atoms with Crippen LogP contribution in [-0.4, -0.2) is 23.4 Å². The number of hydrogen-bond donors (Lipinski definition) is 1. The molecule has 2 N–H and O–H groups in total. The Morgan fingerprint density at radius 1 is 1.44 bits per heavy atom. The quantitative estimate of drug-likeness (QED) is 0.840. The lowest BCUT2D eigenvalue weighted by atomic mass is 10.2. The van der Waals surface area contributed by atoms with Crippen molar-refractivity contribution in [3.05, 3.63) is 42.2 Å². The van der Waals surface area contributed by atoms with Gasteiger partial charge >= 0.3 is 0 Å². The fourth-order valence-corrected chi connectivity index (χ4v) is 2.81. The fourth-order valence-electron chi connectivity index (χ4n) is 1.73. The van der Waals surface area contributed by atoms with E-state index in [4.69, 9.17) is 10.5 Å². The number of nitrogens with two attached hydrogens (primary N) is 1. The van der Waals surface area contributed by atoms with Crippen molar-refractivity contribution in [3.63, 3.8) is 0 Å². The second kappa shape index (κ2) is 5.93. The maximum atomic E-state index is 5.85. The van der Waals surface area contributed by atoms with Gasteiger partial charge in [-0.2, -0.15) is 5.10 Å². The molecule has 0 aliphatic carbocycles. The second-order valence-electron chi connectivity index (χ2n) is 3.94. The van der Waals surface area contributed by atoms with E-state index in [0.717, 1.165) is 16.2 Å². The van der Waals surface area contributed by atoms with Gasteiger partial charge in [-0.15, -0.1) is 11.8 Å². The Kier molecular flexibility index (Phi) is 4.28. The minimum Gasteiger partial charge on any atom is -0.496 e. The molecular weight excluding hydrogens is 246 g/mol. The van der Waals surface area contributed by atoms with Crippen molar-refractivity contribution in [1.29, 1.82) is 0 Å². The van der Waals surface area contributed by atoms with Crippen molar-refractivity contribution >= 4 is 11.8 Å². The predicted octanol–water partition coefficient (Wildman–Crippen LogP) is 2.22. The van der Waals surface area contributed by atoms with Crippen molar-refractivity contribution in [3.8, 4) is 5.75 Å². The van der Waals surface area contributed by atoms with Crippen LogP contribution in [0.15, 0.2) is 41.6 Å². The normalized spacial score (nSPS) is 12.4. The van der Waals surface area contributed by atoms with Crippen molar-refractivity contribution in [2.75, 3.05) is 13.7 Å². The molecule has 0 fully saturated rings. The van der Waals surface area contributed by atoms with Crippen molar-refractivity contribution < 1.29 is 4.74 Å². The smallest absolute Gasteiger partial charge is 0.132 e. The molecule has 0 saturated heterocycles. The number of nitrogens with zero attached hydrogens (tertiary/aromatic N) is 2. The Bertz CT molecular complexity index is 512. The number of ether oxygens (including phenoxy) is 1. The Labute approximate surface area is 111 Å². The summed E-state index contributed by atoms with van der Waals surface area (Å²) in [6.45, 7) is 0.564. The summed E-state index contributed by atoms with van der Waals surface area (Å²) >= 11 is 1.70. The second-order valence-corrected chi connectivity index (χ2v) is 5.18. The van der Waals surface area contributed by atoms with Gasteiger partial charge in [-0.3, -0.25) is 4.68 Å². The van der Waals surface area contributed by atoms with Crippen LogP contribution in [0.1, 0.15) is 10.8 Å². The number of aromatic nitrogens is 2. The SMILES string of the molecule is COc1ccccc1SC(CN)c1cnn(C)c1. The first kappa shape index (κ1) is 13.0. The van der Waals surface area contributed by atoms with E-state index in [0.29, 0.717) is 6.54 Å². The van der Waals surface area contributed by atoms with E-state index < -0.39 is 0 Å². The summed E-state index contributed by atoms with van der Waals surface area (Å²) in [5, 5.41) is 4.38. The van der Waals surface area contributed by atoms with Crippen molar-refractivity contribution in [2.24, 2.45) is 12.8 Å². The molecule has 96 valence electrons. The average molecular weight is 263 g/mol. The summed E-state index contributed by atoms with van der Waals surface area (Å²) in [5.41, 5.74) is 6.99. The van der Waals surface area contributed by atoms with Gasteiger partial charge in [0.05, 0.1) is 13.3 Å². The van der Waals surface area contributed by atoms with Gasteiger partial charge in [0.25, 0.3) is 0 Å². The first-order valence-electron chi connectivity index (χ1n) is 5.73. The molecule has 18 heavy (non-hydrogen) atoms. The van der Waals surface area contributed by atoms with Crippen LogP contribution < -0.4 is 10.5 Å². The summed E-state index contributed by atoms with van der Waals surface area (Å²) < 4.78 is 7.14. The van der Waals surface area contributed by atoms with Crippen molar-refractivity contribution in [2.45, 2.75) is 10.1 Å². The van der Waals surface area contributed by atoms with E-state index in [9.17, 15) is 0 Å². The maximum absolute atomic E-state index is 5.85. The largest absolute Gasteiger partial charge is 0.496 e. The zero-order chi connectivity index (χ0) is 13.0. The number of aryl methyl sites for hydroxylation is 1. The van der Waals surface area contributed by atoms with Crippen LogP contribution in [0, 0.1) is 0 Å². The Balaban J connectivity index is 2.20. The number of thioether (sulfide) groups is 1. The monoisotopic (exact) mass is 263 g/mol. The first-order chi connectivity index (χ1) is 8.74. The van der Waals surface area contributed by atoms with Crippen LogP contribution in [0.3, 0.4) is 0 Å². The maximum Gasteiger partial charge on any atom is 0.132 e. The molecule has 0 bridgehead atoms. The molecule has 0 amide bonds. The molecular formula is C13H17N3OS. The molecule has 0 saturated carbocycles. The summed E-state index contributed by atoms with van der Waals surface area (Å²) in [6, 6.07) is 7.97. The molecule has 0 spiro atoms. The lowest BCUT2D eigenvalue weighted by Crippen LogP contribution is -2.08. The average Bonchev–Trinajstić information content (AvgIpc) is 2.83. The molecule has 0 radical (unpaired) electrons. The number of methoxy groups -OCH3 is 1. The summed E-state index contributed by atoms with van der Waals surface area (Å²) in [6.07, 6.45) is 3.86. The predicted molar refractivity (Wildman–Crippen MR) is 73.9 cm³/mol. The zero-order valence-electron chi connectivity index (χ0n) is 10.5. The van der Waals surface area contributed by atoms with E-state index in [-0.39, 0.29) is 5.25 Å².